The zero-order valence-corrected chi connectivity index (χ0v) is 16.2. The first-order chi connectivity index (χ1) is 12.7. The van der Waals surface area contributed by atoms with Crippen molar-refractivity contribution in [3.63, 3.8) is 0 Å². The first-order valence-corrected chi connectivity index (χ1v) is 10.0. The standard InChI is InChI=1S/C21H16Cl2N2S/c22-17-9-5-15(6-10-17)13-25-20-4-2-1-3-19(20)24-21(25)26-14-16-7-11-18(23)12-8-16/h1-12H,13-14H2. The van der Waals surface area contributed by atoms with E-state index in [-0.39, 0.29) is 0 Å². The minimum absolute atomic E-state index is 0.751. The van der Waals surface area contributed by atoms with Crippen molar-refractivity contribution in [3.8, 4) is 0 Å². The molecule has 26 heavy (non-hydrogen) atoms. The molecule has 0 saturated carbocycles. The third-order valence-electron chi connectivity index (χ3n) is 4.15. The lowest BCUT2D eigenvalue weighted by molar-refractivity contribution is 0.731. The summed E-state index contributed by atoms with van der Waals surface area (Å²) < 4.78 is 2.26. The van der Waals surface area contributed by atoms with Gasteiger partial charge in [-0.05, 0) is 47.5 Å². The van der Waals surface area contributed by atoms with E-state index < -0.39 is 0 Å². The van der Waals surface area contributed by atoms with Gasteiger partial charge in [0.15, 0.2) is 5.16 Å². The van der Waals surface area contributed by atoms with Gasteiger partial charge in [0.1, 0.15) is 0 Å². The highest BCUT2D eigenvalue weighted by Crippen LogP contribution is 2.28. The summed E-state index contributed by atoms with van der Waals surface area (Å²) in [6.07, 6.45) is 0. The molecule has 0 unspecified atom stereocenters. The number of aromatic nitrogens is 2. The molecule has 0 atom stereocenters. The number of hydrogen-bond donors (Lipinski definition) is 0. The highest BCUT2D eigenvalue weighted by Gasteiger charge is 2.12. The van der Waals surface area contributed by atoms with E-state index in [0.29, 0.717) is 0 Å². The molecule has 4 rings (SSSR count). The Kier molecular flexibility index (Phi) is 5.21. The van der Waals surface area contributed by atoms with Crippen molar-refractivity contribution in [2.24, 2.45) is 0 Å². The molecule has 1 heterocycles. The van der Waals surface area contributed by atoms with Crippen LogP contribution in [0, 0.1) is 0 Å². The molecular formula is C21H16Cl2N2S. The van der Waals surface area contributed by atoms with Gasteiger partial charge in [-0.25, -0.2) is 4.98 Å². The summed E-state index contributed by atoms with van der Waals surface area (Å²) in [6.45, 7) is 0.765. The normalized spacial score (nSPS) is 11.2. The first kappa shape index (κ1) is 17.5. The van der Waals surface area contributed by atoms with Crippen molar-refractivity contribution in [1.29, 1.82) is 0 Å². The van der Waals surface area contributed by atoms with E-state index >= 15 is 0 Å². The molecule has 0 aliphatic rings. The van der Waals surface area contributed by atoms with Gasteiger partial charge in [0.2, 0.25) is 0 Å². The van der Waals surface area contributed by atoms with Gasteiger partial charge in [-0.3, -0.25) is 0 Å². The Balaban J connectivity index is 1.64. The average Bonchev–Trinajstić information content (AvgIpc) is 3.01. The van der Waals surface area contributed by atoms with E-state index in [2.05, 4.69) is 47.0 Å². The number of halogens is 2. The number of rotatable bonds is 5. The summed E-state index contributed by atoms with van der Waals surface area (Å²) >= 11 is 13.7. The molecule has 130 valence electrons. The maximum Gasteiger partial charge on any atom is 0.169 e. The number of para-hydroxylation sites is 2. The Bertz CT molecular complexity index is 1020. The molecule has 0 bridgehead atoms. The largest absolute Gasteiger partial charge is 0.314 e. The molecule has 1 aromatic heterocycles. The van der Waals surface area contributed by atoms with Crippen LogP contribution < -0.4 is 0 Å². The van der Waals surface area contributed by atoms with Gasteiger partial charge in [0.05, 0.1) is 17.6 Å². The monoisotopic (exact) mass is 398 g/mol. The van der Waals surface area contributed by atoms with Crippen LogP contribution in [-0.2, 0) is 12.3 Å². The third-order valence-corrected chi connectivity index (χ3v) is 5.71. The van der Waals surface area contributed by atoms with Crippen LogP contribution in [0.5, 0.6) is 0 Å². The van der Waals surface area contributed by atoms with E-state index in [4.69, 9.17) is 28.2 Å². The van der Waals surface area contributed by atoms with Crippen LogP contribution in [0.1, 0.15) is 11.1 Å². The maximum absolute atomic E-state index is 6.02. The van der Waals surface area contributed by atoms with Gasteiger partial charge >= 0.3 is 0 Å². The second kappa shape index (κ2) is 7.75. The predicted octanol–water partition coefficient (Wildman–Crippen LogP) is 6.68. The van der Waals surface area contributed by atoms with Crippen molar-refractivity contribution in [2.75, 3.05) is 0 Å². The topological polar surface area (TPSA) is 17.8 Å². The quantitative estimate of drug-likeness (QED) is 0.348. The molecule has 2 nitrogen and oxygen atoms in total. The van der Waals surface area contributed by atoms with E-state index in [1.807, 2.05) is 30.3 Å². The lowest BCUT2D eigenvalue weighted by Crippen LogP contribution is -2.01. The van der Waals surface area contributed by atoms with Crippen molar-refractivity contribution >= 4 is 46.0 Å². The maximum atomic E-state index is 6.02. The summed E-state index contributed by atoms with van der Waals surface area (Å²) in [5, 5.41) is 2.52. The Hall–Kier alpha value is -1.94. The van der Waals surface area contributed by atoms with Crippen molar-refractivity contribution in [1.82, 2.24) is 9.55 Å². The zero-order chi connectivity index (χ0) is 17.9. The third kappa shape index (κ3) is 3.90. The number of imidazole rings is 1. The van der Waals surface area contributed by atoms with Crippen LogP contribution in [0.4, 0.5) is 0 Å². The fourth-order valence-corrected chi connectivity index (χ4v) is 4.04. The van der Waals surface area contributed by atoms with E-state index in [1.54, 1.807) is 11.8 Å². The van der Waals surface area contributed by atoms with Gasteiger partial charge in [-0.15, -0.1) is 0 Å². The van der Waals surface area contributed by atoms with Crippen LogP contribution in [0.3, 0.4) is 0 Å². The van der Waals surface area contributed by atoms with Crippen LogP contribution in [-0.4, -0.2) is 9.55 Å². The Morgan fingerprint density at radius 2 is 1.38 bits per heavy atom. The lowest BCUT2D eigenvalue weighted by atomic mass is 10.2. The first-order valence-electron chi connectivity index (χ1n) is 8.26. The van der Waals surface area contributed by atoms with Gasteiger partial charge in [-0.1, -0.05) is 71.4 Å². The molecule has 0 spiro atoms. The van der Waals surface area contributed by atoms with Gasteiger partial charge in [0, 0.05) is 15.8 Å². The summed E-state index contributed by atoms with van der Waals surface area (Å²) in [7, 11) is 0. The Morgan fingerprint density at radius 3 is 2.08 bits per heavy atom. The number of hydrogen-bond acceptors (Lipinski definition) is 2. The molecule has 0 radical (unpaired) electrons. The summed E-state index contributed by atoms with van der Waals surface area (Å²) in [5.74, 6) is 0.848. The summed E-state index contributed by atoms with van der Waals surface area (Å²) in [6, 6.07) is 24.2. The molecule has 0 fully saturated rings. The molecule has 3 aromatic carbocycles. The molecular weight excluding hydrogens is 383 g/mol. The second-order valence-corrected chi connectivity index (χ2v) is 7.83. The smallest absolute Gasteiger partial charge is 0.169 e. The molecule has 0 amide bonds. The fraction of sp³-hybridized carbons (Fsp3) is 0.0952. The second-order valence-electron chi connectivity index (χ2n) is 6.01. The van der Waals surface area contributed by atoms with Crippen LogP contribution >= 0.6 is 35.0 Å². The highest BCUT2D eigenvalue weighted by molar-refractivity contribution is 7.98. The average molecular weight is 399 g/mol. The molecule has 0 aliphatic heterocycles. The van der Waals surface area contributed by atoms with Crippen molar-refractivity contribution in [2.45, 2.75) is 17.5 Å². The summed E-state index contributed by atoms with van der Waals surface area (Å²) in [4.78, 5) is 4.83. The minimum atomic E-state index is 0.751. The van der Waals surface area contributed by atoms with Crippen molar-refractivity contribution in [3.05, 3.63) is 94.0 Å². The molecule has 0 N–H and O–H groups in total. The fourth-order valence-electron chi connectivity index (χ4n) is 2.82. The molecule has 0 aliphatic carbocycles. The number of benzene rings is 3. The number of thioether (sulfide) groups is 1. The van der Waals surface area contributed by atoms with Crippen LogP contribution in [0.25, 0.3) is 11.0 Å². The van der Waals surface area contributed by atoms with Crippen LogP contribution in [0.15, 0.2) is 78.0 Å². The molecule has 4 aromatic rings. The van der Waals surface area contributed by atoms with Crippen molar-refractivity contribution < 1.29 is 0 Å². The van der Waals surface area contributed by atoms with E-state index in [0.717, 1.165) is 38.5 Å². The van der Waals surface area contributed by atoms with Crippen LogP contribution in [0.2, 0.25) is 10.0 Å². The van der Waals surface area contributed by atoms with Gasteiger partial charge in [0.25, 0.3) is 0 Å². The Labute approximate surface area is 166 Å². The molecule has 5 heteroatoms. The van der Waals surface area contributed by atoms with E-state index in [1.165, 1.54) is 11.1 Å². The van der Waals surface area contributed by atoms with E-state index in [9.17, 15) is 0 Å². The molecule has 0 saturated heterocycles. The Morgan fingerprint density at radius 1 is 0.769 bits per heavy atom. The zero-order valence-electron chi connectivity index (χ0n) is 13.9. The predicted molar refractivity (Wildman–Crippen MR) is 111 cm³/mol. The minimum Gasteiger partial charge on any atom is -0.314 e. The number of nitrogens with zero attached hydrogens (tertiary/aromatic N) is 2. The van der Waals surface area contributed by atoms with Gasteiger partial charge in [-0.2, -0.15) is 0 Å². The number of fused-ring (bicyclic) bond motifs is 1. The highest BCUT2D eigenvalue weighted by atomic mass is 35.5. The lowest BCUT2D eigenvalue weighted by Gasteiger charge is -2.09. The van der Waals surface area contributed by atoms with Gasteiger partial charge < -0.3 is 4.57 Å². The summed E-state index contributed by atoms with van der Waals surface area (Å²) in [5.41, 5.74) is 4.58. The SMILES string of the molecule is Clc1ccc(CSc2nc3ccccc3n2Cc2ccc(Cl)cc2)cc1.